The van der Waals surface area contributed by atoms with E-state index in [0.29, 0.717) is 26.1 Å². The van der Waals surface area contributed by atoms with Crippen molar-refractivity contribution in [2.45, 2.75) is 25.3 Å². The summed E-state index contributed by atoms with van der Waals surface area (Å²) in [4.78, 5) is 11.9. The summed E-state index contributed by atoms with van der Waals surface area (Å²) in [7, 11) is -3.23. The number of amides is 2. The van der Waals surface area contributed by atoms with E-state index in [4.69, 9.17) is 0 Å². The lowest BCUT2D eigenvalue weighted by molar-refractivity contribution is 0.226. The summed E-state index contributed by atoms with van der Waals surface area (Å²) in [6, 6.07) is 5.72. The molecule has 1 fully saturated rings. The third-order valence-corrected chi connectivity index (χ3v) is 5.05. The van der Waals surface area contributed by atoms with Gasteiger partial charge in [-0.3, -0.25) is 0 Å². The van der Waals surface area contributed by atoms with Gasteiger partial charge >= 0.3 is 6.03 Å². The lowest BCUT2D eigenvalue weighted by Crippen LogP contribution is -2.51. The van der Waals surface area contributed by atoms with Gasteiger partial charge in [0, 0.05) is 25.7 Å². The second-order valence-corrected chi connectivity index (χ2v) is 7.72. The van der Waals surface area contributed by atoms with Crippen LogP contribution in [-0.2, 0) is 16.4 Å². The quantitative estimate of drug-likeness (QED) is 0.840. The maximum atomic E-state index is 13.0. The number of sulfonamides is 1. The van der Waals surface area contributed by atoms with E-state index < -0.39 is 10.0 Å². The Labute approximate surface area is 136 Å². The van der Waals surface area contributed by atoms with Crippen LogP contribution in [0.3, 0.4) is 0 Å². The van der Waals surface area contributed by atoms with Gasteiger partial charge in [-0.2, -0.15) is 0 Å². The zero-order valence-electron chi connectivity index (χ0n) is 13.1. The van der Waals surface area contributed by atoms with Crippen LogP contribution in [0, 0.1) is 5.82 Å². The van der Waals surface area contributed by atoms with Crippen LogP contribution in [0.1, 0.15) is 18.4 Å². The van der Waals surface area contributed by atoms with Gasteiger partial charge in [-0.1, -0.05) is 12.1 Å². The summed E-state index contributed by atoms with van der Waals surface area (Å²) in [5.74, 6) is -0.296. The van der Waals surface area contributed by atoms with Gasteiger partial charge in [0.05, 0.1) is 6.26 Å². The summed E-state index contributed by atoms with van der Waals surface area (Å²) in [6.07, 6.45) is 3.18. The number of nitrogens with one attached hydrogen (secondary N) is 2. The number of hydrogen-bond acceptors (Lipinski definition) is 3. The molecular weight excluding hydrogens is 321 g/mol. The summed E-state index contributed by atoms with van der Waals surface area (Å²) in [5.41, 5.74) is 0.811. The molecule has 1 heterocycles. The third-order valence-electron chi connectivity index (χ3n) is 3.78. The maximum absolute atomic E-state index is 13.0. The molecule has 1 aromatic carbocycles. The normalized spacial score (nSPS) is 19.3. The smallest absolute Gasteiger partial charge is 0.315 e. The monoisotopic (exact) mass is 343 g/mol. The molecule has 1 atom stereocenters. The standard InChI is InChI=1S/C15H22FN3O3S/c1-23(21,22)19-9-3-6-14(11-19)18-15(20)17-8-7-12-4-2-5-13(16)10-12/h2,4-5,10,14H,3,6-9,11H2,1H3,(H2,17,18,20)/t14-/m1/s1. The fourth-order valence-corrected chi connectivity index (χ4v) is 3.52. The summed E-state index contributed by atoms with van der Waals surface area (Å²) >= 11 is 0. The van der Waals surface area contributed by atoms with E-state index in [2.05, 4.69) is 10.6 Å². The van der Waals surface area contributed by atoms with E-state index in [1.165, 1.54) is 22.7 Å². The van der Waals surface area contributed by atoms with E-state index in [9.17, 15) is 17.6 Å². The van der Waals surface area contributed by atoms with Gasteiger partial charge in [0.15, 0.2) is 0 Å². The first-order chi connectivity index (χ1) is 10.8. The Morgan fingerprint density at radius 3 is 2.91 bits per heavy atom. The summed E-state index contributed by atoms with van der Waals surface area (Å²) < 4.78 is 37.5. The zero-order chi connectivity index (χ0) is 16.9. The second kappa shape index (κ2) is 7.74. The Morgan fingerprint density at radius 2 is 2.22 bits per heavy atom. The summed E-state index contributed by atoms with van der Waals surface area (Å²) in [6.45, 7) is 1.19. The molecule has 128 valence electrons. The molecule has 1 saturated heterocycles. The average Bonchev–Trinajstić information content (AvgIpc) is 2.46. The molecule has 0 unspecified atom stereocenters. The number of urea groups is 1. The number of nitrogens with zero attached hydrogens (tertiary/aromatic N) is 1. The molecule has 0 bridgehead atoms. The molecule has 8 heteroatoms. The fourth-order valence-electron chi connectivity index (χ4n) is 2.61. The second-order valence-electron chi connectivity index (χ2n) is 5.74. The molecule has 0 radical (unpaired) electrons. The highest BCUT2D eigenvalue weighted by molar-refractivity contribution is 7.88. The minimum absolute atomic E-state index is 0.187. The highest BCUT2D eigenvalue weighted by Crippen LogP contribution is 2.12. The Morgan fingerprint density at radius 1 is 1.43 bits per heavy atom. The van der Waals surface area contributed by atoms with Crippen molar-refractivity contribution in [3.63, 3.8) is 0 Å². The van der Waals surface area contributed by atoms with E-state index in [-0.39, 0.29) is 17.9 Å². The number of benzene rings is 1. The Hall–Kier alpha value is -1.67. The van der Waals surface area contributed by atoms with Crippen molar-refractivity contribution in [1.29, 1.82) is 0 Å². The average molecular weight is 343 g/mol. The predicted molar refractivity (Wildman–Crippen MR) is 86.1 cm³/mol. The van der Waals surface area contributed by atoms with Crippen molar-refractivity contribution in [1.82, 2.24) is 14.9 Å². The molecule has 0 aliphatic carbocycles. The molecule has 2 amide bonds. The van der Waals surface area contributed by atoms with Crippen LogP contribution < -0.4 is 10.6 Å². The molecule has 23 heavy (non-hydrogen) atoms. The van der Waals surface area contributed by atoms with Gasteiger partial charge in [-0.25, -0.2) is 21.9 Å². The fraction of sp³-hybridized carbons (Fsp3) is 0.533. The first kappa shape index (κ1) is 17.7. The van der Waals surface area contributed by atoms with Crippen LogP contribution in [0.4, 0.5) is 9.18 Å². The molecule has 6 nitrogen and oxygen atoms in total. The maximum Gasteiger partial charge on any atom is 0.315 e. The molecule has 1 aromatic rings. The highest BCUT2D eigenvalue weighted by atomic mass is 32.2. The third kappa shape index (κ3) is 5.80. The van der Waals surface area contributed by atoms with E-state index >= 15 is 0 Å². The van der Waals surface area contributed by atoms with Crippen LogP contribution in [0.5, 0.6) is 0 Å². The first-order valence-corrected chi connectivity index (χ1v) is 9.43. The Bertz CT molecular complexity index is 651. The lowest BCUT2D eigenvalue weighted by atomic mass is 10.1. The number of carbonyl (C=O) groups is 1. The Kier molecular flexibility index (Phi) is 5.95. The Balaban J connectivity index is 1.74. The van der Waals surface area contributed by atoms with Crippen LogP contribution in [0.25, 0.3) is 0 Å². The van der Waals surface area contributed by atoms with Crippen LogP contribution in [0.15, 0.2) is 24.3 Å². The molecule has 2 rings (SSSR count). The van der Waals surface area contributed by atoms with E-state index in [1.807, 2.05) is 0 Å². The number of rotatable bonds is 5. The van der Waals surface area contributed by atoms with Gasteiger partial charge < -0.3 is 10.6 Å². The van der Waals surface area contributed by atoms with E-state index in [1.54, 1.807) is 12.1 Å². The molecule has 1 aliphatic rings. The highest BCUT2D eigenvalue weighted by Gasteiger charge is 2.26. The van der Waals surface area contributed by atoms with Crippen molar-refractivity contribution >= 4 is 16.1 Å². The van der Waals surface area contributed by atoms with Gasteiger partial charge in [0.25, 0.3) is 0 Å². The van der Waals surface area contributed by atoms with Gasteiger partial charge in [-0.15, -0.1) is 0 Å². The van der Waals surface area contributed by atoms with Crippen molar-refractivity contribution < 1.29 is 17.6 Å². The van der Waals surface area contributed by atoms with Gasteiger partial charge in [0.1, 0.15) is 5.82 Å². The predicted octanol–water partition coefficient (Wildman–Crippen LogP) is 1.09. The number of piperidine rings is 1. The minimum Gasteiger partial charge on any atom is -0.338 e. The molecule has 1 aliphatic heterocycles. The molecule has 0 aromatic heterocycles. The van der Waals surface area contributed by atoms with Crippen LogP contribution in [0.2, 0.25) is 0 Å². The topological polar surface area (TPSA) is 78.5 Å². The molecule has 2 N–H and O–H groups in total. The summed E-state index contributed by atoms with van der Waals surface area (Å²) in [5, 5.41) is 5.50. The van der Waals surface area contributed by atoms with Crippen LogP contribution >= 0.6 is 0 Å². The van der Waals surface area contributed by atoms with Crippen molar-refractivity contribution in [2.75, 3.05) is 25.9 Å². The van der Waals surface area contributed by atoms with Crippen LogP contribution in [-0.4, -0.2) is 50.7 Å². The van der Waals surface area contributed by atoms with E-state index in [0.717, 1.165) is 18.4 Å². The number of hydrogen-bond donors (Lipinski definition) is 2. The molecular formula is C15H22FN3O3S. The SMILES string of the molecule is CS(=O)(=O)N1CCC[C@@H](NC(=O)NCCc2cccc(F)c2)C1. The number of carbonyl (C=O) groups excluding carboxylic acids is 1. The van der Waals surface area contributed by atoms with Crippen molar-refractivity contribution in [2.24, 2.45) is 0 Å². The first-order valence-electron chi connectivity index (χ1n) is 7.58. The largest absolute Gasteiger partial charge is 0.338 e. The van der Waals surface area contributed by atoms with Crippen molar-refractivity contribution in [3.05, 3.63) is 35.6 Å². The minimum atomic E-state index is -3.23. The molecule has 0 saturated carbocycles. The lowest BCUT2D eigenvalue weighted by Gasteiger charge is -2.31. The zero-order valence-corrected chi connectivity index (χ0v) is 13.9. The number of halogens is 1. The van der Waals surface area contributed by atoms with Gasteiger partial charge in [-0.05, 0) is 37.0 Å². The van der Waals surface area contributed by atoms with Gasteiger partial charge in [0.2, 0.25) is 10.0 Å². The van der Waals surface area contributed by atoms with Crippen molar-refractivity contribution in [3.8, 4) is 0 Å². The molecule has 0 spiro atoms.